The Bertz CT molecular complexity index is 1720. The van der Waals surface area contributed by atoms with Crippen LogP contribution in [-0.2, 0) is 23.8 Å². The van der Waals surface area contributed by atoms with E-state index in [4.69, 9.17) is 14.2 Å². The van der Waals surface area contributed by atoms with E-state index in [1.165, 1.54) is 141 Å². The summed E-state index contributed by atoms with van der Waals surface area (Å²) in [5.41, 5.74) is 0. The fourth-order valence-corrected chi connectivity index (χ4v) is 10.1. The molecule has 1 aliphatic heterocycles. The van der Waals surface area contributed by atoms with Crippen molar-refractivity contribution in [2.75, 3.05) is 13.2 Å². The van der Waals surface area contributed by atoms with E-state index < -0.39 is 67.4 Å². The highest BCUT2D eigenvalue weighted by atomic mass is 16.7. The number of allylic oxidation sites excluding steroid dienone is 15. The molecule has 0 bridgehead atoms. The van der Waals surface area contributed by atoms with Gasteiger partial charge >= 0.3 is 5.97 Å². The summed E-state index contributed by atoms with van der Waals surface area (Å²) < 4.78 is 17.6. The van der Waals surface area contributed by atoms with E-state index in [0.717, 1.165) is 96.3 Å². The van der Waals surface area contributed by atoms with Crippen LogP contribution in [0.5, 0.6) is 0 Å². The van der Waals surface area contributed by atoms with Crippen molar-refractivity contribution in [1.29, 1.82) is 0 Å². The fraction of sp³-hybridized carbons (Fsp3) is 0.750. The zero-order valence-electron chi connectivity index (χ0n) is 53.0. The Balaban J connectivity index is 2.62. The van der Waals surface area contributed by atoms with Crippen LogP contribution in [-0.4, -0.2) is 99.6 Å². The molecule has 11 heteroatoms. The van der Waals surface area contributed by atoms with Crippen molar-refractivity contribution >= 4 is 11.9 Å². The van der Waals surface area contributed by atoms with Gasteiger partial charge in [-0.2, -0.15) is 0 Å². The number of aliphatic hydroxyl groups excluding tert-OH is 5. The molecule has 1 saturated heterocycles. The van der Waals surface area contributed by atoms with Gasteiger partial charge in [0.25, 0.3) is 0 Å². The molecular weight excluding hydrogens is 1040 g/mol. The minimum Gasteiger partial charge on any atom is -0.454 e. The smallest absolute Gasteiger partial charge is 0.306 e. The summed E-state index contributed by atoms with van der Waals surface area (Å²) in [6.45, 7) is 5.66. The first-order chi connectivity index (χ1) is 40.7. The van der Waals surface area contributed by atoms with E-state index in [1.54, 1.807) is 6.08 Å². The Labute approximate surface area is 507 Å². The van der Waals surface area contributed by atoms with Crippen LogP contribution in [0.15, 0.2) is 97.2 Å². The Kier molecular flexibility index (Phi) is 55.1. The zero-order chi connectivity index (χ0) is 60.3. The lowest BCUT2D eigenvalue weighted by molar-refractivity contribution is -0.305. The summed E-state index contributed by atoms with van der Waals surface area (Å²) >= 11 is 0. The maximum atomic E-state index is 13.5. The third-order valence-electron chi connectivity index (χ3n) is 15.5. The van der Waals surface area contributed by atoms with Gasteiger partial charge in [0.15, 0.2) is 12.4 Å². The first kappa shape index (κ1) is 77.6. The highest BCUT2D eigenvalue weighted by Crippen LogP contribution is 2.26. The van der Waals surface area contributed by atoms with E-state index in [1.807, 2.05) is 6.08 Å². The van der Waals surface area contributed by atoms with E-state index in [9.17, 15) is 35.1 Å². The fourth-order valence-electron chi connectivity index (χ4n) is 10.1. The van der Waals surface area contributed by atoms with Gasteiger partial charge in [-0.25, -0.2) is 0 Å². The molecule has 1 heterocycles. The van der Waals surface area contributed by atoms with Crippen molar-refractivity contribution in [2.24, 2.45) is 0 Å². The molecular formula is C72H125NO10. The number of unbranched alkanes of at least 4 members (excludes halogenated alkanes) is 29. The number of amides is 1. The van der Waals surface area contributed by atoms with Crippen LogP contribution in [0.4, 0.5) is 0 Å². The second kappa shape index (κ2) is 58.9. The van der Waals surface area contributed by atoms with Gasteiger partial charge < -0.3 is 45.1 Å². The van der Waals surface area contributed by atoms with Crippen molar-refractivity contribution < 1.29 is 49.3 Å². The standard InChI is InChI=1S/C72H125NO10/c1-4-7-10-13-16-19-22-24-26-28-30-32-34-35-37-39-41-44-47-50-53-56-59-65(76)71(80)73-63(64(75)58-55-52-49-46-43-21-18-15-12-9-6-3)62-81-72-70(69(79)68(78)66(61-74)82-72)83-67(77)60-57-54-51-48-45-42-40-38-36-33-31-29-27-25-23-20-17-14-11-8-5-2/h8,11,17,20,24-27,31,33,38,40,45,48,55,58,63-66,68-70,72,74-76,78-79H,4-7,9-10,12-16,18-19,21-23,28-30,32,34-37,39,41-44,46-47,49-54,56-57,59-62H2,1-3H3,(H,73,80)/b11-8-,20-17-,26-24+,27-25-,33-31-,40-38-,48-45-,58-55+. The topological polar surface area (TPSA) is 175 Å². The SMILES string of the molecule is CC/C=C\C/C=C\C/C=C\C/C=C\C/C=C\C/C=C\CCCCC(=O)OC1C(OCC(NC(=O)C(O)CCCCCCCCCCCCCC/C=C/CCCCCCCC)C(O)/C=C/CCCCCCCCCCC)OC(CO)C(O)C1O. The number of hydrogen-bond donors (Lipinski definition) is 6. The van der Waals surface area contributed by atoms with Crippen LogP contribution in [0.3, 0.4) is 0 Å². The molecule has 0 saturated carbocycles. The Morgan fingerprint density at radius 3 is 1.31 bits per heavy atom. The maximum absolute atomic E-state index is 13.5. The van der Waals surface area contributed by atoms with Gasteiger partial charge in [0, 0.05) is 6.42 Å². The Morgan fingerprint density at radius 2 is 0.867 bits per heavy atom. The van der Waals surface area contributed by atoms with Crippen LogP contribution < -0.4 is 5.32 Å². The molecule has 8 atom stereocenters. The highest BCUT2D eigenvalue weighted by Gasteiger charge is 2.47. The summed E-state index contributed by atoms with van der Waals surface area (Å²) in [6, 6.07) is -1.04. The first-order valence-corrected chi connectivity index (χ1v) is 34.0. The predicted molar refractivity (Wildman–Crippen MR) is 347 cm³/mol. The molecule has 1 rings (SSSR count). The largest absolute Gasteiger partial charge is 0.454 e. The van der Waals surface area contributed by atoms with E-state index in [-0.39, 0.29) is 19.4 Å². The molecule has 1 amide bonds. The molecule has 0 aliphatic carbocycles. The average Bonchev–Trinajstić information content (AvgIpc) is 3.69. The molecule has 6 N–H and O–H groups in total. The average molecular weight is 1160 g/mol. The molecule has 0 spiro atoms. The van der Waals surface area contributed by atoms with Crippen molar-refractivity contribution in [3.63, 3.8) is 0 Å². The number of carbonyl (C=O) groups is 2. The molecule has 0 aromatic rings. The zero-order valence-corrected chi connectivity index (χ0v) is 53.0. The number of hydrogen-bond acceptors (Lipinski definition) is 10. The van der Waals surface area contributed by atoms with Gasteiger partial charge in [0.2, 0.25) is 5.91 Å². The first-order valence-electron chi connectivity index (χ1n) is 34.0. The lowest BCUT2D eigenvalue weighted by Crippen LogP contribution is -2.61. The number of aliphatic hydroxyl groups is 5. The molecule has 478 valence electrons. The summed E-state index contributed by atoms with van der Waals surface area (Å²) in [7, 11) is 0. The predicted octanol–water partition coefficient (Wildman–Crippen LogP) is 17.1. The van der Waals surface area contributed by atoms with Crippen molar-refractivity contribution in [3.05, 3.63) is 97.2 Å². The lowest BCUT2D eigenvalue weighted by atomic mass is 9.99. The quantitative estimate of drug-likeness (QED) is 0.0195. The van der Waals surface area contributed by atoms with Crippen LogP contribution in [0.25, 0.3) is 0 Å². The van der Waals surface area contributed by atoms with Crippen LogP contribution in [0.1, 0.15) is 284 Å². The van der Waals surface area contributed by atoms with E-state index in [2.05, 4.69) is 111 Å². The number of ether oxygens (including phenoxy) is 3. The Morgan fingerprint density at radius 1 is 0.482 bits per heavy atom. The second-order valence-electron chi connectivity index (χ2n) is 23.2. The maximum Gasteiger partial charge on any atom is 0.306 e. The molecule has 0 aromatic heterocycles. The van der Waals surface area contributed by atoms with E-state index >= 15 is 0 Å². The lowest BCUT2D eigenvalue weighted by Gasteiger charge is -2.41. The normalized spacial score (nSPS) is 19.2. The number of nitrogens with one attached hydrogen (secondary N) is 1. The van der Waals surface area contributed by atoms with Gasteiger partial charge in [-0.15, -0.1) is 0 Å². The molecule has 1 fully saturated rings. The minimum atomic E-state index is -1.64. The minimum absolute atomic E-state index is 0.0647. The molecule has 11 nitrogen and oxygen atoms in total. The summed E-state index contributed by atoms with van der Waals surface area (Å²) in [5, 5.41) is 57.1. The van der Waals surface area contributed by atoms with Crippen molar-refractivity contribution in [3.8, 4) is 0 Å². The molecule has 83 heavy (non-hydrogen) atoms. The van der Waals surface area contributed by atoms with Gasteiger partial charge in [-0.3, -0.25) is 9.59 Å². The van der Waals surface area contributed by atoms with Gasteiger partial charge in [0.05, 0.1) is 25.4 Å². The number of rotatable bonds is 57. The van der Waals surface area contributed by atoms with Crippen molar-refractivity contribution in [1.82, 2.24) is 5.32 Å². The van der Waals surface area contributed by atoms with Gasteiger partial charge in [-0.05, 0) is 103 Å². The third kappa shape index (κ3) is 46.5. The van der Waals surface area contributed by atoms with Crippen molar-refractivity contribution in [2.45, 2.75) is 333 Å². The van der Waals surface area contributed by atoms with Gasteiger partial charge in [-0.1, -0.05) is 272 Å². The molecule has 8 unspecified atom stereocenters. The van der Waals surface area contributed by atoms with E-state index in [0.29, 0.717) is 12.8 Å². The summed E-state index contributed by atoms with van der Waals surface area (Å²) in [4.78, 5) is 26.6. The Hall–Kier alpha value is -3.42. The highest BCUT2D eigenvalue weighted by molar-refractivity contribution is 5.80. The molecule has 0 radical (unpaired) electrons. The monoisotopic (exact) mass is 1160 g/mol. The van der Waals surface area contributed by atoms with Crippen LogP contribution in [0, 0.1) is 0 Å². The van der Waals surface area contributed by atoms with Crippen LogP contribution in [0.2, 0.25) is 0 Å². The second-order valence-corrected chi connectivity index (χ2v) is 23.2. The molecule has 0 aromatic carbocycles. The summed E-state index contributed by atoms with van der Waals surface area (Å²) in [5.74, 6) is -1.24. The molecule has 1 aliphatic rings. The van der Waals surface area contributed by atoms with Gasteiger partial charge in [0.1, 0.15) is 24.4 Å². The van der Waals surface area contributed by atoms with Crippen LogP contribution >= 0.6 is 0 Å². The number of carbonyl (C=O) groups excluding carboxylic acids is 2. The summed E-state index contributed by atoms with van der Waals surface area (Å²) in [6.07, 6.45) is 68.8. The third-order valence-corrected chi connectivity index (χ3v) is 15.5. The number of esters is 1.